The summed E-state index contributed by atoms with van der Waals surface area (Å²) >= 11 is 5.73. The van der Waals surface area contributed by atoms with Crippen molar-refractivity contribution >= 4 is 39.5 Å². The summed E-state index contributed by atoms with van der Waals surface area (Å²) in [6, 6.07) is 0. The maximum absolute atomic E-state index is 10.2. The largest absolute Gasteiger partial charge is 0.300 e. The Hall–Kier alpha value is 0.660. The molecule has 0 aromatic rings. The van der Waals surface area contributed by atoms with Crippen molar-refractivity contribution in [3.63, 3.8) is 0 Å². The van der Waals surface area contributed by atoms with Crippen LogP contribution >= 0.6 is 33.2 Å². The Labute approximate surface area is 60.9 Å². The third kappa shape index (κ3) is 1.33. The Morgan fingerprint density at radius 3 is 2.75 bits per heavy atom. The minimum absolute atomic E-state index is 0.593. The van der Waals surface area contributed by atoms with Gasteiger partial charge in [0.1, 0.15) is 0 Å². The fraction of sp³-hybridized carbons (Fsp3) is 0.750. The quantitative estimate of drug-likeness (QED) is 0.338. The van der Waals surface area contributed by atoms with Gasteiger partial charge in [0.25, 0.3) is 0 Å². The van der Waals surface area contributed by atoms with Crippen LogP contribution in [-0.2, 0) is 4.79 Å². The van der Waals surface area contributed by atoms with Gasteiger partial charge in [-0.05, 0) is 6.42 Å². The van der Waals surface area contributed by atoms with Crippen LogP contribution in [0.25, 0.3) is 0 Å². The minimum Gasteiger partial charge on any atom is -0.300 e. The summed E-state index contributed by atoms with van der Waals surface area (Å²) in [5.41, 5.74) is 0. The van der Waals surface area contributed by atoms with E-state index in [1.807, 2.05) is 0 Å². The van der Waals surface area contributed by atoms with E-state index in [0.29, 0.717) is 0 Å². The second kappa shape index (κ2) is 2.50. The van der Waals surface area contributed by atoms with Crippen molar-refractivity contribution in [2.45, 2.75) is 10.6 Å². The first-order chi connectivity index (χ1) is 3.77. The summed E-state index contributed by atoms with van der Waals surface area (Å²) < 4.78 is -0.593. The molecule has 1 heterocycles. The predicted molar refractivity (Wildman–Crippen MR) is 39.3 cm³/mol. The topological polar surface area (TPSA) is 17.1 Å². The molecule has 0 N–H and O–H groups in total. The second-order valence-corrected chi connectivity index (χ2v) is 5.20. The summed E-state index contributed by atoms with van der Waals surface area (Å²) in [6.45, 7) is 0. The molecule has 8 heavy (non-hydrogen) atoms. The Morgan fingerprint density at radius 1 is 1.75 bits per heavy atom. The van der Waals surface area contributed by atoms with Crippen LogP contribution in [-0.4, -0.2) is 16.2 Å². The lowest BCUT2D eigenvalue weighted by atomic mass is 10.3. The number of carbonyl (C=O) groups excluding carboxylic acids is 1. The molecule has 0 aliphatic carbocycles. The van der Waals surface area contributed by atoms with E-state index < -0.39 is 4.21 Å². The average molecular weight is 169 g/mol. The van der Waals surface area contributed by atoms with Gasteiger partial charge in [0.15, 0.2) is 10.5 Å². The summed E-state index contributed by atoms with van der Waals surface area (Å²) in [4.78, 5) is 10.2. The van der Waals surface area contributed by atoms with E-state index in [4.69, 9.17) is 11.6 Å². The molecule has 1 nitrogen and oxygen atoms in total. The number of hydrogen-bond donors (Lipinski definition) is 0. The first-order valence-electron chi connectivity index (χ1n) is 2.23. The summed E-state index contributed by atoms with van der Waals surface area (Å²) in [5.74, 6) is 0.993. The molecule has 1 aliphatic rings. The molecular formula is C4H5ClOS2. The highest BCUT2D eigenvalue weighted by molar-refractivity contribution is 8.78. The van der Waals surface area contributed by atoms with Gasteiger partial charge < -0.3 is 4.79 Å². The highest BCUT2D eigenvalue weighted by Gasteiger charge is 2.32. The van der Waals surface area contributed by atoms with Gasteiger partial charge in [-0.25, -0.2) is 0 Å². The van der Waals surface area contributed by atoms with Crippen LogP contribution in [0, 0.1) is 0 Å². The first-order valence-corrected chi connectivity index (χ1v) is 4.92. The summed E-state index contributed by atoms with van der Waals surface area (Å²) in [5, 5.41) is 0. The van der Waals surface area contributed by atoms with E-state index in [1.54, 1.807) is 10.8 Å². The Morgan fingerprint density at radius 2 is 2.50 bits per heavy atom. The lowest BCUT2D eigenvalue weighted by Gasteiger charge is -2.06. The van der Waals surface area contributed by atoms with Crippen molar-refractivity contribution in [3.8, 4) is 0 Å². The van der Waals surface area contributed by atoms with Gasteiger partial charge in [0.05, 0.1) is 0 Å². The van der Waals surface area contributed by atoms with Crippen LogP contribution in [0.4, 0.5) is 0 Å². The number of aldehydes is 1. The third-order valence-electron chi connectivity index (χ3n) is 0.900. The summed E-state index contributed by atoms with van der Waals surface area (Å²) in [6.07, 6.45) is 1.62. The molecule has 1 aliphatic heterocycles. The fourth-order valence-electron chi connectivity index (χ4n) is 0.441. The molecule has 4 heteroatoms. The number of hydrogen-bond acceptors (Lipinski definition) is 3. The zero-order valence-corrected chi connectivity index (χ0v) is 6.48. The Bertz CT molecular complexity index is 100. The van der Waals surface area contributed by atoms with Gasteiger partial charge in [0, 0.05) is 5.75 Å². The number of rotatable bonds is 1. The molecule has 1 saturated heterocycles. The summed E-state index contributed by atoms with van der Waals surface area (Å²) in [7, 11) is 3.12. The molecule has 0 bridgehead atoms. The van der Waals surface area contributed by atoms with Crippen LogP contribution in [0.1, 0.15) is 6.42 Å². The normalized spacial score (nSPS) is 37.6. The van der Waals surface area contributed by atoms with Crippen molar-refractivity contribution in [2.75, 3.05) is 5.75 Å². The highest BCUT2D eigenvalue weighted by atomic mass is 35.5. The molecule has 0 radical (unpaired) electrons. The molecule has 0 spiro atoms. The van der Waals surface area contributed by atoms with Crippen molar-refractivity contribution in [3.05, 3.63) is 0 Å². The van der Waals surface area contributed by atoms with Crippen molar-refractivity contribution in [1.29, 1.82) is 0 Å². The molecule has 0 amide bonds. The van der Waals surface area contributed by atoms with Gasteiger partial charge in [-0.2, -0.15) is 0 Å². The maximum atomic E-state index is 10.2. The van der Waals surface area contributed by atoms with Gasteiger partial charge in [-0.15, -0.1) is 0 Å². The number of carbonyl (C=O) groups is 1. The third-order valence-corrected chi connectivity index (χ3v) is 4.50. The molecule has 1 unspecified atom stereocenters. The van der Waals surface area contributed by atoms with E-state index >= 15 is 0 Å². The van der Waals surface area contributed by atoms with E-state index in [2.05, 4.69) is 0 Å². The second-order valence-electron chi connectivity index (χ2n) is 1.56. The van der Waals surface area contributed by atoms with Gasteiger partial charge in [-0.1, -0.05) is 33.2 Å². The molecule has 46 valence electrons. The Kier molecular flexibility index (Phi) is 2.12. The zero-order valence-electron chi connectivity index (χ0n) is 4.09. The first kappa shape index (κ1) is 6.78. The molecular weight excluding hydrogens is 164 g/mol. The van der Waals surface area contributed by atoms with Crippen molar-refractivity contribution < 1.29 is 4.79 Å². The van der Waals surface area contributed by atoms with Gasteiger partial charge >= 0.3 is 0 Å². The maximum Gasteiger partial charge on any atom is 0.155 e. The minimum atomic E-state index is -0.593. The van der Waals surface area contributed by atoms with E-state index in [0.717, 1.165) is 18.5 Å². The number of halogens is 1. The SMILES string of the molecule is O=CC1(Cl)CCSS1. The lowest BCUT2D eigenvalue weighted by molar-refractivity contribution is -0.108. The average Bonchev–Trinajstić information content (AvgIpc) is 2.17. The van der Waals surface area contributed by atoms with Crippen molar-refractivity contribution in [2.24, 2.45) is 0 Å². The molecule has 0 aromatic carbocycles. The highest BCUT2D eigenvalue weighted by Crippen LogP contribution is 2.47. The standard InChI is InChI=1S/C4H5ClOS2/c5-4(3-6)1-2-7-8-4/h3H,1-2H2. The molecule has 1 fully saturated rings. The molecule has 0 saturated carbocycles. The molecule has 1 atom stereocenters. The fourth-order valence-corrected chi connectivity index (χ4v) is 3.54. The van der Waals surface area contributed by atoms with Crippen LogP contribution < -0.4 is 0 Å². The van der Waals surface area contributed by atoms with E-state index in [1.165, 1.54) is 10.8 Å². The number of alkyl halides is 1. The van der Waals surface area contributed by atoms with Crippen LogP contribution in [0.5, 0.6) is 0 Å². The molecule has 1 rings (SSSR count). The van der Waals surface area contributed by atoms with E-state index in [9.17, 15) is 4.79 Å². The van der Waals surface area contributed by atoms with Crippen LogP contribution in [0.15, 0.2) is 0 Å². The van der Waals surface area contributed by atoms with Crippen LogP contribution in [0.3, 0.4) is 0 Å². The van der Waals surface area contributed by atoms with E-state index in [-0.39, 0.29) is 0 Å². The monoisotopic (exact) mass is 168 g/mol. The predicted octanol–water partition coefficient (Wildman–Crippen LogP) is 1.91. The smallest absolute Gasteiger partial charge is 0.155 e. The Balaban J connectivity index is 2.52. The van der Waals surface area contributed by atoms with Gasteiger partial charge in [0.2, 0.25) is 0 Å². The van der Waals surface area contributed by atoms with Crippen molar-refractivity contribution in [1.82, 2.24) is 0 Å². The van der Waals surface area contributed by atoms with Gasteiger partial charge in [-0.3, -0.25) is 0 Å². The van der Waals surface area contributed by atoms with Crippen LogP contribution in [0.2, 0.25) is 0 Å². The molecule has 0 aromatic heterocycles. The lowest BCUT2D eigenvalue weighted by Crippen LogP contribution is -2.12. The zero-order chi connectivity index (χ0) is 6.04.